The Labute approximate surface area is 162 Å². The molecule has 0 N–H and O–H groups in total. The molecule has 5 nitrogen and oxygen atoms in total. The van der Waals surface area contributed by atoms with E-state index in [9.17, 15) is 9.59 Å². The second-order valence-electron chi connectivity index (χ2n) is 6.61. The molecule has 3 aromatic rings. The van der Waals surface area contributed by atoms with Gasteiger partial charge in [-0.1, -0.05) is 12.1 Å². The van der Waals surface area contributed by atoms with Crippen molar-refractivity contribution in [3.8, 4) is 0 Å². The van der Waals surface area contributed by atoms with E-state index in [-0.39, 0.29) is 16.9 Å². The Hall–Kier alpha value is -2.60. The number of carbonyl (C=O) groups is 1. The molecule has 1 aliphatic rings. The van der Waals surface area contributed by atoms with Gasteiger partial charge in [0.2, 0.25) is 5.43 Å². The number of carbonyl (C=O) groups excluding carboxylic acids is 1. The van der Waals surface area contributed by atoms with Gasteiger partial charge in [0.25, 0.3) is 5.91 Å². The quantitative estimate of drug-likeness (QED) is 0.678. The van der Waals surface area contributed by atoms with Crippen molar-refractivity contribution in [3.05, 3.63) is 64.1 Å². The van der Waals surface area contributed by atoms with Crippen LogP contribution in [0.1, 0.15) is 29.4 Å². The molecule has 6 heteroatoms. The highest BCUT2D eigenvalue weighted by molar-refractivity contribution is 7.99. The standard InChI is InChI=1S/C21H21N3O2S/c1-3-23-13-16(19(25)15-10-9-14(2)22-20(15)23)21(26)24-11-6-12-27-18-8-5-4-7-17(18)24/h4-5,7-10,13H,3,6,11-12H2,1-2H3. The minimum absolute atomic E-state index is 0.205. The van der Waals surface area contributed by atoms with Crippen molar-refractivity contribution in [1.29, 1.82) is 0 Å². The van der Waals surface area contributed by atoms with Crippen LogP contribution in [0.25, 0.3) is 11.0 Å². The number of pyridine rings is 2. The molecule has 2 aromatic heterocycles. The van der Waals surface area contributed by atoms with Crippen LogP contribution in [0, 0.1) is 6.92 Å². The van der Waals surface area contributed by atoms with Crippen LogP contribution >= 0.6 is 11.8 Å². The zero-order valence-corrected chi connectivity index (χ0v) is 16.3. The third-order valence-electron chi connectivity index (χ3n) is 4.82. The lowest BCUT2D eigenvalue weighted by Gasteiger charge is -2.23. The van der Waals surface area contributed by atoms with E-state index in [1.54, 1.807) is 28.9 Å². The summed E-state index contributed by atoms with van der Waals surface area (Å²) in [5, 5.41) is 0.491. The summed E-state index contributed by atoms with van der Waals surface area (Å²) >= 11 is 1.75. The van der Waals surface area contributed by atoms with Gasteiger partial charge in [-0.25, -0.2) is 4.98 Å². The van der Waals surface area contributed by atoms with Gasteiger partial charge in [-0.2, -0.15) is 0 Å². The summed E-state index contributed by atoms with van der Waals surface area (Å²) in [6.45, 7) is 5.13. The zero-order chi connectivity index (χ0) is 19.0. The number of fused-ring (bicyclic) bond motifs is 2. The topological polar surface area (TPSA) is 55.2 Å². The average molecular weight is 379 g/mol. The number of thioether (sulfide) groups is 1. The molecule has 27 heavy (non-hydrogen) atoms. The van der Waals surface area contributed by atoms with Crippen LogP contribution in [0.15, 0.2) is 52.3 Å². The Morgan fingerprint density at radius 1 is 1.22 bits per heavy atom. The van der Waals surface area contributed by atoms with Gasteiger partial charge in [0.15, 0.2) is 0 Å². The Bertz CT molecular complexity index is 1090. The first-order valence-corrected chi connectivity index (χ1v) is 10.1. The minimum Gasteiger partial charge on any atom is -0.332 e. The van der Waals surface area contributed by atoms with Crippen LogP contribution in [0.2, 0.25) is 0 Å². The maximum absolute atomic E-state index is 13.4. The number of aromatic nitrogens is 2. The molecule has 1 aromatic carbocycles. The van der Waals surface area contributed by atoms with Crippen molar-refractivity contribution in [3.63, 3.8) is 0 Å². The second-order valence-corrected chi connectivity index (χ2v) is 7.74. The molecule has 138 valence electrons. The van der Waals surface area contributed by atoms with E-state index in [1.165, 1.54) is 0 Å². The Kier molecular flexibility index (Phi) is 4.74. The van der Waals surface area contributed by atoms with Crippen molar-refractivity contribution < 1.29 is 4.79 Å². The Morgan fingerprint density at radius 2 is 2.04 bits per heavy atom. The third-order valence-corrected chi connectivity index (χ3v) is 5.97. The first-order valence-electron chi connectivity index (χ1n) is 9.14. The molecule has 1 aliphatic heterocycles. The molecule has 0 saturated carbocycles. The number of hydrogen-bond acceptors (Lipinski definition) is 4. The van der Waals surface area contributed by atoms with E-state index in [2.05, 4.69) is 4.98 Å². The summed E-state index contributed by atoms with van der Waals surface area (Å²) < 4.78 is 1.88. The largest absolute Gasteiger partial charge is 0.332 e. The van der Waals surface area contributed by atoms with Gasteiger partial charge >= 0.3 is 0 Å². The lowest BCUT2D eigenvalue weighted by Crippen LogP contribution is -2.35. The molecule has 0 unspecified atom stereocenters. The fraction of sp³-hybridized carbons (Fsp3) is 0.286. The van der Waals surface area contributed by atoms with Crippen LogP contribution < -0.4 is 10.3 Å². The van der Waals surface area contributed by atoms with Crippen LogP contribution in [0.5, 0.6) is 0 Å². The second kappa shape index (κ2) is 7.19. The van der Waals surface area contributed by atoms with Crippen molar-refractivity contribution in [2.24, 2.45) is 0 Å². The van der Waals surface area contributed by atoms with Gasteiger partial charge in [-0.3, -0.25) is 9.59 Å². The number of anilines is 1. The summed E-state index contributed by atoms with van der Waals surface area (Å²) in [5.41, 5.74) is 2.32. The summed E-state index contributed by atoms with van der Waals surface area (Å²) in [6.07, 6.45) is 2.56. The number of hydrogen-bond donors (Lipinski definition) is 0. The average Bonchev–Trinajstić information content (AvgIpc) is 2.90. The number of benzene rings is 1. The molecule has 0 fully saturated rings. The Morgan fingerprint density at radius 3 is 2.85 bits per heavy atom. The molecule has 0 atom stereocenters. The smallest absolute Gasteiger partial charge is 0.263 e. The highest BCUT2D eigenvalue weighted by Gasteiger charge is 2.25. The van der Waals surface area contributed by atoms with Gasteiger partial charge in [-0.15, -0.1) is 11.8 Å². The van der Waals surface area contributed by atoms with E-state index in [1.807, 2.05) is 48.7 Å². The molecule has 0 bridgehead atoms. The monoisotopic (exact) mass is 379 g/mol. The number of amides is 1. The van der Waals surface area contributed by atoms with E-state index in [0.29, 0.717) is 24.1 Å². The van der Waals surface area contributed by atoms with E-state index < -0.39 is 0 Å². The predicted molar refractivity (Wildman–Crippen MR) is 110 cm³/mol. The van der Waals surface area contributed by atoms with E-state index in [0.717, 1.165) is 28.5 Å². The highest BCUT2D eigenvalue weighted by atomic mass is 32.2. The molecule has 4 rings (SSSR count). The predicted octanol–water partition coefficient (Wildman–Crippen LogP) is 3.87. The maximum Gasteiger partial charge on any atom is 0.263 e. The van der Waals surface area contributed by atoms with Crippen LogP contribution in [-0.2, 0) is 6.54 Å². The van der Waals surface area contributed by atoms with Crippen molar-refractivity contribution >= 4 is 34.4 Å². The van der Waals surface area contributed by atoms with Crippen molar-refractivity contribution in [1.82, 2.24) is 9.55 Å². The summed E-state index contributed by atoms with van der Waals surface area (Å²) in [7, 11) is 0. The van der Waals surface area contributed by atoms with Crippen LogP contribution in [-0.4, -0.2) is 27.8 Å². The molecule has 0 saturated heterocycles. The van der Waals surface area contributed by atoms with Gasteiger partial charge in [0.05, 0.1) is 11.1 Å². The molecule has 0 spiro atoms. The van der Waals surface area contributed by atoms with Crippen molar-refractivity contribution in [2.75, 3.05) is 17.2 Å². The Balaban J connectivity index is 1.88. The van der Waals surface area contributed by atoms with Crippen LogP contribution in [0.3, 0.4) is 0 Å². The van der Waals surface area contributed by atoms with Crippen molar-refractivity contribution in [2.45, 2.75) is 31.7 Å². The normalized spacial score (nSPS) is 14.1. The lowest BCUT2D eigenvalue weighted by molar-refractivity contribution is 0.0985. The fourth-order valence-corrected chi connectivity index (χ4v) is 4.43. The fourth-order valence-electron chi connectivity index (χ4n) is 3.44. The molecule has 0 radical (unpaired) electrons. The molecular formula is C21H21N3O2S. The van der Waals surface area contributed by atoms with Crippen LogP contribution in [0.4, 0.5) is 5.69 Å². The number of aryl methyl sites for hydroxylation is 2. The molecule has 0 aliphatic carbocycles. The highest BCUT2D eigenvalue weighted by Crippen LogP contribution is 2.34. The molecule has 3 heterocycles. The maximum atomic E-state index is 13.4. The lowest BCUT2D eigenvalue weighted by atomic mass is 10.1. The molecular weight excluding hydrogens is 358 g/mol. The summed E-state index contributed by atoms with van der Waals surface area (Å²) in [6, 6.07) is 11.5. The first kappa shape index (κ1) is 17.8. The van der Waals surface area contributed by atoms with Gasteiger partial charge in [0.1, 0.15) is 11.2 Å². The van der Waals surface area contributed by atoms with Gasteiger partial charge < -0.3 is 9.47 Å². The summed E-state index contributed by atoms with van der Waals surface area (Å²) in [4.78, 5) is 33.8. The number of para-hydroxylation sites is 1. The van der Waals surface area contributed by atoms with E-state index in [4.69, 9.17) is 0 Å². The SMILES string of the molecule is CCn1cc(C(=O)N2CCCSc3ccccc32)c(=O)c2ccc(C)nc21. The van der Waals surface area contributed by atoms with Gasteiger partial charge in [-0.05, 0) is 50.3 Å². The number of nitrogens with zero attached hydrogens (tertiary/aromatic N) is 3. The summed E-state index contributed by atoms with van der Waals surface area (Å²) in [5.74, 6) is 0.723. The third kappa shape index (κ3) is 3.14. The minimum atomic E-state index is -0.249. The zero-order valence-electron chi connectivity index (χ0n) is 15.4. The first-order chi connectivity index (χ1) is 13.1. The number of rotatable bonds is 2. The van der Waals surface area contributed by atoms with Gasteiger partial charge in [0, 0.05) is 29.9 Å². The molecule has 1 amide bonds. The van der Waals surface area contributed by atoms with E-state index >= 15 is 0 Å².